The smallest absolute Gasteiger partial charge is 0.322 e. The maximum absolute atomic E-state index is 13.3. The van der Waals surface area contributed by atoms with Crippen molar-refractivity contribution in [3.8, 4) is 5.75 Å². The Kier molecular flexibility index (Phi) is 6.12. The molecule has 1 aliphatic heterocycles. The van der Waals surface area contributed by atoms with E-state index >= 15 is 0 Å². The number of pyridine rings is 1. The van der Waals surface area contributed by atoms with Gasteiger partial charge in [-0.25, -0.2) is 9.18 Å². The van der Waals surface area contributed by atoms with Gasteiger partial charge in [0.25, 0.3) is 0 Å². The molecule has 0 bridgehead atoms. The van der Waals surface area contributed by atoms with Crippen molar-refractivity contribution in [3.05, 3.63) is 54.1 Å². The Hall–Kier alpha value is -2.63. The molecule has 3 rings (SSSR count). The van der Waals surface area contributed by atoms with Gasteiger partial charge in [0.2, 0.25) is 0 Å². The second kappa shape index (κ2) is 8.29. The lowest BCUT2D eigenvalue weighted by atomic mass is 10.2. The molecule has 24 heavy (non-hydrogen) atoms. The van der Waals surface area contributed by atoms with Crippen molar-refractivity contribution in [2.75, 3.05) is 18.1 Å². The molecule has 1 fully saturated rings. The molecule has 1 aromatic carbocycles. The zero-order valence-electron chi connectivity index (χ0n) is 14.1. The summed E-state index contributed by atoms with van der Waals surface area (Å²) >= 11 is 0. The quantitative estimate of drug-likeness (QED) is 0.932. The minimum Gasteiger partial charge on any atom is -0.490 e. The van der Waals surface area contributed by atoms with Crippen molar-refractivity contribution in [2.45, 2.75) is 26.8 Å². The standard InChI is InChI=1S/C16H16FN3O2.C2H6/c1-11-5-15(8-18-7-11)22-10-13-9-20(16(21)19-13)14-4-2-3-12(17)6-14;1-2/h2-8,13H,9-10H2,1H3,(H,19,21);1-2H3. The average molecular weight is 331 g/mol. The summed E-state index contributed by atoms with van der Waals surface area (Å²) in [6.07, 6.45) is 3.38. The molecule has 1 saturated heterocycles. The lowest BCUT2D eigenvalue weighted by Crippen LogP contribution is -2.32. The fourth-order valence-electron chi connectivity index (χ4n) is 2.37. The van der Waals surface area contributed by atoms with E-state index < -0.39 is 0 Å². The monoisotopic (exact) mass is 331 g/mol. The molecule has 1 unspecified atom stereocenters. The SMILES string of the molecule is CC.Cc1cncc(OCC2CN(c3cccc(F)c3)C(=O)N2)c1. The predicted molar refractivity (Wildman–Crippen MR) is 91.9 cm³/mol. The first kappa shape index (κ1) is 17.7. The molecule has 0 radical (unpaired) electrons. The molecule has 2 heterocycles. The zero-order chi connectivity index (χ0) is 17.5. The highest BCUT2D eigenvalue weighted by Gasteiger charge is 2.30. The third-order valence-corrected chi connectivity index (χ3v) is 3.40. The van der Waals surface area contributed by atoms with Crippen molar-refractivity contribution < 1.29 is 13.9 Å². The van der Waals surface area contributed by atoms with Crippen molar-refractivity contribution >= 4 is 11.7 Å². The third kappa shape index (κ3) is 4.44. The molecular weight excluding hydrogens is 309 g/mol. The first-order chi connectivity index (χ1) is 11.6. The fourth-order valence-corrected chi connectivity index (χ4v) is 2.37. The van der Waals surface area contributed by atoms with Crippen LogP contribution in [0.15, 0.2) is 42.7 Å². The second-order valence-electron chi connectivity index (χ2n) is 5.25. The molecule has 2 aromatic rings. The van der Waals surface area contributed by atoms with Crippen LogP contribution in [0.1, 0.15) is 19.4 Å². The summed E-state index contributed by atoms with van der Waals surface area (Å²) in [6, 6.07) is 7.46. The summed E-state index contributed by atoms with van der Waals surface area (Å²) in [5.41, 5.74) is 1.55. The van der Waals surface area contributed by atoms with E-state index in [0.717, 1.165) is 5.56 Å². The summed E-state index contributed by atoms with van der Waals surface area (Å²) in [7, 11) is 0. The van der Waals surface area contributed by atoms with Crippen molar-refractivity contribution in [3.63, 3.8) is 0 Å². The molecule has 1 aromatic heterocycles. The van der Waals surface area contributed by atoms with E-state index in [1.54, 1.807) is 24.5 Å². The average Bonchev–Trinajstić information content (AvgIpc) is 2.96. The molecule has 1 atom stereocenters. The van der Waals surface area contributed by atoms with Crippen molar-refractivity contribution in [1.82, 2.24) is 10.3 Å². The zero-order valence-corrected chi connectivity index (χ0v) is 14.1. The topological polar surface area (TPSA) is 54.5 Å². The summed E-state index contributed by atoms with van der Waals surface area (Å²) in [5, 5.41) is 2.83. The van der Waals surface area contributed by atoms with Crippen molar-refractivity contribution in [1.29, 1.82) is 0 Å². The van der Waals surface area contributed by atoms with E-state index in [4.69, 9.17) is 4.74 Å². The lowest BCUT2D eigenvalue weighted by Gasteiger charge is -2.15. The van der Waals surface area contributed by atoms with E-state index in [9.17, 15) is 9.18 Å². The number of anilines is 1. The number of carbonyl (C=O) groups is 1. The highest BCUT2D eigenvalue weighted by Crippen LogP contribution is 2.20. The van der Waals surface area contributed by atoms with Crippen LogP contribution in [0.25, 0.3) is 0 Å². The van der Waals surface area contributed by atoms with Crippen LogP contribution in [0.4, 0.5) is 14.9 Å². The van der Waals surface area contributed by atoms with Crippen LogP contribution in [0.3, 0.4) is 0 Å². The second-order valence-corrected chi connectivity index (χ2v) is 5.25. The summed E-state index contributed by atoms with van der Waals surface area (Å²) in [4.78, 5) is 17.5. The van der Waals surface area contributed by atoms with Gasteiger partial charge in [0.1, 0.15) is 18.2 Å². The summed E-state index contributed by atoms with van der Waals surface area (Å²) in [6.45, 7) is 6.70. The Balaban J connectivity index is 0.00000100. The summed E-state index contributed by atoms with van der Waals surface area (Å²) < 4.78 is 18.9. The van der Waals surface area contributed by atoms with Gasteiger partial charge in [0.15, 0.2) is 0 Å². The van der Waals surface area contributed by atoms with E-state index in [2.05, 4.69) is 10.3 Å². The number of nitrogens with zero attached hydrogens (tertiary/aromatic N) is 2. The van der Waals surface area contributed by atoms with Gasteiger partial charge in [-0.05, 0) is 36.8 Å². The van der Waals surface area contributed by atoms with Gasteiger partial charge in [-0.2, -0.15) is 0 Å². The number of halogens is 1. The van der Waals surface area contributed by atoms with Crippen LogP contribution < -0.4 is 15.0 Å². The number of aromatic nitrogens is 1. The largest absolute Gasteiger partial charge is 0.490 e. The highest BCUT2D eigenvalue weighted by molar-refractivity contribution is 5.94. The van der Waals surface area contributed by atoms with Gasteiger partial charge in [0, 0.05) is 11.9 Å². The number of nitrogens with one attached hydrogen (secondary N) is 1. The number of carbonyl (C=O) groups excluding carboxylic acids is 1. The normalized spacial score (nSPS) is 16.2. The number of hydrogen-bond donors (Lipinski definition) is 1. The van der Waals surface area contributed by atoms with Crippen molar-refractivity contribution in [2.24, 2.45) is 0 Å². The summed E-state index contributed by atoms with van der Waals surface area (Å²) in [5.74, 6) is 0.300. The molecule has 2 amide bonds. The minimum absolute atomic E-state index is 0.156. The Morgan fingerprint density at radius 3 is 2.83 bits per heavy atom. The predicted octanol–water partition coefficient (Wildman–Crippen LogP) is 3.53. The number of benzene rings is 1. The highest BCUT2D eigenvalue weighted by atomic mass is 19.1. The van der Waals surface area contributed by atoms with Gasteiger partial charge in [-0.1, -0.05) is 19.9 Å². The van der Waals surface area contributed by atoms with E-state index in [0.29, 0.717) is 24.6 Å². The van der Waals surface area contributed by atoms with Gasteiger partial charge >= 0.3 is 6.03 Å². The fraction of sp³-hybridized carbons (Fsp3) is 0.333. The maximum atomic E-state index is 13.3. The molecular formula is C18H22FN3O2. The first-order valence-corrected chi connectivity index (χ1v) is 8.00. The van der Waals surface area contributed by atoms with Gasteiger partial charge in [-0.3, -0.25) is 9.88 Å². The first-order valence-electron chi connectivity index (χ1n) is 8.00. The molecule has 1 N–H and O–H groups in total. The number of hydrogen-bond acceptors (Lipinski definition) is 3. The Bertz CT molecular complexity index is 693. The Morgan fingerprint density at radius 1 is 1.33 bits per heavy atom. The van der Waals surface area contributed by atoms with Crippen LogP contribution >= 0.6 is 0 Å². The molecule has 0 saturated carbocycles. The molecule has 5 nitrogen and oxygen atoms in total. The Labute approximate surface area is 141 Å². The number of aryl methyl sites for hydroxylation is 1. The number of ether oxygens (including phenoxy) is 1. The van der Waals surface area contributed by atoms with Crippen LogP contribution in [0.2, 0.25) is 0 Å². The maximum Gasteiger partial charge on any atom is 0.322 e. The van der Waals surface area contributed by atoms with E-state index in [1.807, 2.05) is 26.8 Å². The Morgan fingerprint density at radius 2 is 2.12 bits per heavy atom. The van der Waals surface area contributed by atoms with Crippen LogP contribution in [0.5, 0.6) is 5.75 Å². The van der Waals surface area contributed by atoms with Crippen LogP contribution in [0, 0.1) is 12.7 Å². The molecule has 128 valence electrons. The third-order valence-electron chi connectivity index (χ3n) is 3.40. The molecule has 6 heteroatoms. The molecule has 1 aliphatic rings. The number of rotatable bonds is 4. The van der Waals surface area contributed by atoms with Gasteiger partial charge in [0.05, 0.1) is 18.8 Å². The molecule has 0 spiro atoms. The van der Waals surface area contributed by atoms with Gasteiger partial charge < -0.3 is 10.1 Å². The van der Waals surface area contributed by atoms with Crippen LogP contribution in [-0.4, -0.2) is 30.2 Å². The molecule has 0 aliphatic carbocycles. The number of urea groups is 1. The van der Waals surface area contributed by atoms with E-state index in [-0.39, 0.29) is 17.9 Å². The minimum atomic E-state index is -0.365. The lowest BCUT2D eigenvalue weighted by molar-refractivity contribution is 0.244. The number of amides is 2. The van der Waals surface area contributed by atoms with Crippen LogP contribution in [-0.2, 0) is 0 Å². The van der Waals surface area contributed by atoms with E-state index in [1.165, 1.54) is 17.0 Å². The van der Waals surface area contributed by atoms with Gasteiger partial charge in [-0.15, -0.1) is 0 Å².